The minimum absolute atomic E-state index is 0.365. The lowest BCUT2D eigenvalue weighted by Gasteiger charge is -2.21. The lowest BCUT2D eigenvalue weighted by Crippen LogP contribution is -2.45. The van der Waals surface area contributed by atoms with E-state index in [1.54, 1.807) is 37.3 Å². The maximum atomic E-state index is 13.0. The van der Waals surface area contributed by atoms with Gasteiger partial charge in [-0.3, -0.25) is 14.9 Å². The third kappa shape index (κ3) is 5.10. The molecule has 0 spiro atoms. The van der Waals surface area contributed by atoms with Crippen molar-refractivity contribution in [2.45, 2.75) is 38.6 Å². The summed E-state index contributed by atoms with van der Waals surface area (Å²) < 4.78 is 33.9. The van der Waals surface area contributed by atoms with Crippen LogP contribution in [0.1, 0.15) is 26.3 Å². The molecule has 1 aliphatic heterocycles. The van der Waals surface area contributed by atoms with Crippen LogP contribution in [0.4, 0.5) is 11.4 Å². The van der Waals surface area contributed by atoms with Crippen molar-refractivity contribution in [3.63, 3.8) is 0 Å². The second kappa shape index (κ2) is 9.46. The van der Waals surface area contributed by atoms with Crippen molar-refractivity contribution in [1.29, 1.82) is 0 Å². The number of ether oxygens (including phenoxy) is 1. The Labute approximate surface area is 177 Å². The Morgan fingerprint density at radius 1 is 1.07 bits per heavy atom. The molecule has 3 unspecified atom stereocenters. The largest absolute Gasteiger partial charge is 0.494 e. The molecule has 0 saturated carbocycles. The monoisotopic (exact) mass is 432 g/mol. The Morgan fingerprint density at radius 2 is 1.80 bits per heavy atom. The van der Waals surface area contributed by atoms with E-state index in [2.05, 4.69) is 20.9 Å². The number of nitrogens with one attached hydrogen (secondary N) is 4. The van der Waals surface area contributed by atoms with Gasteiger partial charge in [-0.25, -0.2) is 13.8 Å². The quantitative estimate of drug-likeness (QED) is 0.510. The molecule has 1 amide bonds. The van der Waals surface area contributed by atoms with Crippen molar-refractivity contribution in [1.82, 2.24) is 10.9 Å². The summed E-state index contributed by atoms with van der Waals surface area (Å²) in [5.41, 5.74) is 7.76. The molecule has 0 aromatic heterocycles. The minimum Gasteiger partial charge on any atom is -0.494 e. The third-order valence-corrected chi connectivity index (χ3v) is 6.58. The van der Waals surface area contributed by atoms with Crippen LogP contribution in [0.5, 0.6) is 5.75 Å². The van der Waals surface area contributed by atoms with Gasteiger partial charge in [0.2, 0.25) is 5.91 Å². The van der Waals surface area contributed by atoms with E-state index < -0.39 is 21.3 Å². The summed E-state index contributed by atoms with van der Waals surface area (Å²) in [7, 11) is -3.90. The predicted molar refractivity (Wildman–Crippen MR) is 118 cm³/mol. The average molecular weight is 433 g/mol. The Kier molecular flexibility index (Phi) is 6.96. The smallest absolute Gasteiger partial charge is 0.250 e. The fourth-order valence-electron chi connectivity index (χ4n) is 3.40. The first kappa shape index (κ1) is 22.1. The van der Waals surface area contributed by atoms with Gasteiger partial charge in [0.15, 0.2) is 5.37 Å². The highest BCUT2D eigenvalue weighted by atomic mass is 32.2. The number of hydrogen-bond donors (Lipinski definition) is 4. The number of aryl methyl sites for hydroxylation is 1. The fraction of sp³-hybridized carbons (Fsp3) is 0.381. The first-order valence-electron chi connectivity index (χ1n) is 9.99. The van der Waals surface area contributed by atoms with E-state index in [-0.39, 0.29) is 11.9 Å². The summed E-state index contributed by atoms with van der Waals surface area (Å²) in [6.07, 6.45) is 0.843. The number of sulfonamides is 1. The van der Waals surface area contributed by atoms with Crippen molar-refractivity contribution >= 4 is 27.3 Å². The molecular weight excluding hydrogens is 404 g/mol. The zero-order valence-corrected chi connectivity index (χ0v) is 18.1. The molecule has 3 atom stereocenters. The topological polar surface area (TPSA) is 109 Å². The molecule has 2 aromatic rings. The van der Waals surface area contributed by atoms with E-state index in [0.29, 0.717) is 23.7 Å². The van der Waals surface area contributed by atoms with Crippen LogP contribution in [0, 0.1) is 5.92 Å². The predicted octanol–water partition coefficient (Wildman–Crippen LogP) is 2.47. The zero-order chi connectivity index (χ0) is 21.7. The van der Waals surface area contributed by atoms with Gasteiger partial charge in [0.25, 0.3) is 10.0 Å². The van der Waals surface area contributed by atoms with Gasteiger partial charge >= 0.3 is 0 Å². The number of amides is 1. The van der Waals surface area contributed by atoms with Crippen molar-refractivity contribution < 1.29 is 17.9 Å². The van der Waals surface area contributed by atoms with E-state index in [9.17, 15) is 13.2 Å². The van der Waals surface area contributed by atoms with Crippen molar-refractivity contribution in [2.75, 3.05) is 16.6 Å². The molecule has 2 aromatic carbocycles. The molecule has 1 heterocycles. The van der Waals surface area contributed by atoms with Crippen molar-refractivity contribution in [3.8, 4) is 5.75 Å². The van der Waals surface area contributed by atoms with Gasteiger partial charge < -0.3 is 10.1 Å². The molecule has 9 heteroatoms. The van der Waals surface area contributed by atoms with E-state index in [4.69, 9.17) is 4.74 Å². The number of hydrogen-bond acceptors (Lipinski definition) is 6. The van der Waals surface area contributed by atoms with E-state index in [0.717, 1.165) is 12.0 Å². The summed E-state index contributed by atoms with van der Waals surface area (Å²) in [6, 6.07) is 13.8. The molecule has 162 valence electrons. The molecule has 1 saturated heterocycles. The number of anilines is 2. The molecule has 0 radical (unpaired) electrons. The number of hydrazine groups is 1. The first-order chi connectivity index (χ1) is 14.3. The number of benzene rings is 2. The second-order valence-electron chi connectivity index (χ2n) is 7.17. The molecule has 0 aliphatic carbocycles. The van der Waals surface area contributed by atoms with Gasteiger partial charge in [-0.1, -0.05) is 19.1 Å². The molecular formula is C21H28N4O4S. The van der Waals surface area contributed by atoms with Crippen molar-refractivity contribution in [3.05, 3.63) is 54.1 Å². The van der Waals surface area contributed by atoms with Crippen molar-refractivity contribution in [2.24, 2.45) is 5.92 Å². The Bertz CT molecular complexity index is 979. The molecule has 30 heavy (non-hydrogen) atoms. The normalized spacial score (nSPS) is 21.2. The summed E-state index contributed by atoms with van der Waals surface area (Å²) in [5, 5.41) is 1.72. The maximum absolute atomic E-state index is 13.0. The van der Waals surface area contributed by atoms with Crippen LogP contribution in [-0.4, -0.2) is 32.3 Å². The van der Waals surface area contributed by atoms with Crippen LogP contribution in [-0.2, 0) is 21.2 Å². The number of carbonyl (C=O) groups is 1. The van der Waals surface area contributed by atoms with Crippen LogP contribution < -0.4 is 25.6 Å². The Hall–Kier alpha value is -2.62. The van der Waals surface area contributed by atoms with E-state index >= 15 is 0 Å². The lowest BCUT2D eigenvalue weighted by molar-refractivity contribution is -0.119. The molecule has 8 nitrogen and oxygen atoms in total. The first-order valence-corrected chi connectivity index (χ1v) is 11.5. The highest BCUT2D eigenvalue weighted by Gasteiger charge is 2.46. The number of carbonyl (C=O) groups excluding carboxylic acids is 1. The highest BCUT2D eigenvalue weighted by Crippen LogP contribution is 2.25. The third-order valence-electron chi connectivity index (χ3n) is 4.98. The molecule has 1 aliphatic rings. The van der Waals surface area contributed by atoms with Crippen LogP contribution in [0.25, 0.3) is 0 Å². The average Bonchev–Trinajstić information content (AvgIpc) is 3.12. The molecule has 0 bridgehead atoms. The Balaban J connectivity index is 1.75. The lowest BCUT2D eigenvalue weighted by atomic mass is 10.0. The van der Waals surface area contributed by atoms with Gasteiger partial charge in [0.05, 0.1) is 12.5 Å². The number of rotatable bonds is 8. The van der Waals surface area contributed by atoms with E-state index in [1.807, 2.05) is 32.0 Å². The van der Waals surface area contributed by atoms with Gasteiger partial charge in [-0.15, -0.1) is 0 Å². The maximum Gasteiger partial charge on any atom is 0.250 e. The summed E-state index contributed by atoms with van der Waals surface area (Å²) in [6.45, 7) is 6.20. The molecule has 4 N–H and O–H groups in total. The van der Waals surface area contributed by atoms with Gasteiger partial charge in [-0.2, -0.15) is 0 Å². The van der Waals surface area contributed by atoms with Gasteiger partial charge in [0.1, 0.15) is 5.75 Å². The van der Waals surface area contributed by atoms with Crippen LogP contribution in [0.15, 0.2) is 48.5 Å². The summed E-state index contributed by atoms with van der Waals surface area (Å²) in [5.74, 6) is -0.535. The van der Waals surface area contributed by atoms with E-state index in [1.165, 1.54) is 0 Å². The van der Waals surface area contributed by atoms with Crippen LogP contribution in [0.3, 0.4) is 0 Å². The Morgan fingerprint density at radius 3 is 2.47 bits per heavy atom. The minimum atomic E-state index is -3.90. The SMILES string of the molecule is CCOc1ccc(NS(=O)(=O)C2NNC(C)C2C(=O)Nc2cccc(CC)c2)cc1. The second-order valence-corrected chi connectivity index (χ2v) is 8.97. The molecule has 3 rings (SSSR count). The zero-order valence-electron chi connectivity index (χ0n) is 17.3. The highest BCUT2D eigenvalue weighted by molar-refractivity contribution is 7.93. The van der Waals surface area contributed by atoms with Gasteiger partial charge in [0, 0.05) is 17.4 Å². The van der Waals surface area contributed by atoms with Crippen LogP contribution in [0.2, 0.25) is 0 Å². The molecule has 1 fully saturated rings. The summed E-state index contributed by atoms with van der Waals surface area (Å²) >= 11 is 0. The summed E-state index contributed by atoms with van der Waals surface area (Å²) in [4.78, 5) is 13.0. The standard InChI is InChI=1S/C21H28N4O4S/c1-4-15-7-6-8-17(13-15)22-20(26)19-14(3)23-24-21(19)30(27,28)25-16-9-11-18(12-10-16)29-5-2/h6-14,19,21,23-25H,4-5H2,1-3H3,(H,22,26). The fourth-order valence-corrected chi connectivity index (χ4v) is 4.96. The van der Waals surface area contributed by atoms with Crippen LogP contribution >= 0.6 is 0 Å². The van der Waals surface area contributed by atoms with Gasteiger partial charge in [-0.05, 0) is 62.2 Å².